The number of rotatable bonds is 4. The van der Waals surface area contributed by atoms with Crippen molar-refractivity contribution < 1.29 is 13.9 Å². The number of halogens is 1. The lowest BCUT2D eigenvalue weighted by Gasteiger charge is -1.99. The third kappa shape index (κ3) is 2.92. The first-order chi connectivity index (χ1) is 8.70. The minimum absolute atomic E-state index is 0.124. The second-order valence-electron chi connectivity index (χ2n) is 3.61. The van der Waals surface area contributed by atoms with Gasteiger partial charge in [0.1, 0.15) is 10.8 Å². The normalized spacial score (nSPS) is 10.3. The van der Waals surface area contributed by atoms with Gasteiger partial charge in [0, 0.05) is 10.9 Å². The highest BCUT2D eigenvalue weighted by molar-refractivity contribution is 7.13. The Labute approximate surface area is 108 Å². The smallest absolute Gasteiger partial charge is 0.311 e. The molecule has 0 atom stereocenters. The van der Waals surface area contributed by atoms with Crippen LogP contribution in [0.25, 0.3) is 10.6 Å². The van der Waals surface area contributed by atoms with Crippen molar-refractivity contribution in [2.24, 2.45) is 0 Å². The fourth-order valence-corrected chi connectivity index (χ4v) is 2.35. The summed E-state index contributed by atoms with van der Waals surface area (Å²) < 4.78 is 18.4. The molecule has 2 rings (SSSR count). The minimum atomic E-state index is -0.317. The molecule has 1 aromatic carbocycles. The van der Waals surface area contributed by atoms with Crippen molar-refractivity contribution in [2.75, 3.05) is 6.61 Å². The predicted octanol–water partition coefficient (Wildman–Crippen LogP) is 3.05. The second-order valence-corrected chi connectivity index (χ2v) is 4.46. The molecule has 0 aliphatic rings. The number of carbonyl (C=O) groups excluding carboxylic acids is 1. The van der Waals surface area contributed by atoms with E-state index in [4.69, 9.17) is 4.74 Å². The maximum atomic E-state index is 13.5. The molecule has 0 saturated heterocycles. The van der Waals surface area contributed by atoms with Crippen molar-refractivity contribution in [1.29, 1.82) is 0 Å². The summed E-state index contributed by atoms with van der Waals surface area (Å²) in [6, 6.07) is 6.45. The van der Waals surface area contributed by atoms with E-state index in [1.807, 2.05) is 0 Å². The van der Waals surface area contributed by atoms with Gasteiger partial charge in [-0.2, -0.15) is 0 Å². The summed E-state index contributed by atoms with van der Waals surface area (Å²) in [5.74, 6) is -0.627. The highest BCUT2D eigenvalue weighted by atomic mass is 32.1. The van der Waals surface area contributed by atoms with Crippen LogP contribution in [0.3, 0.4) is 0 Å². The summed E-state index contributed by atoms with van der Waals surface area (Å²) >= 11 is 1.32. The Kier molecular flexibility index (Phi) is 4.04. The van der Waals surface area contributed by atoms with Gasteiger partial charge in [0.25, 0.3) is 0 Å². The van der Waals surface area contributed by atoms with E-state index in [9.17, 15) is 9.18 Å². The molecular weight excluding hydrogens is 253 g/mol. The molecule has 0 aliphatic carbocycles. The number of carbonyl (C=O) groups is 1. The Balaban J connectivity index is 2.16. The van der Waals surface area contributed by atoms with Crippen LogP contribution in [0.15, 0.2) is 29.6 Å². The van der Waals surface area contributed by atoms with Crippen LogP contribution in [0.4, 0.5) is 4.39 Å². The van der Waals surface area contributed by atoms with Crippen LogP contribution in [0.1, 0.15) is 12.6 Å². The summed E-state index contributed by atoms with van der Waals surface area (Å²) in [7, 11) is 0. The van der Waals surface area contributed by atoms with Crippen molar-refractivity contribution in [3.05, 3.63) is 41.2 Å². The van der Waals surface area contributed by atoms with Gasteiger partial charge in [-0.25, -0.2) is 9.37 Å². The van der Waals surface area contributed by atoms with Gasteiger partial charge < -0.3 is 4.74 Å². The van der Waals surface area contributed by atoms with E-state index in [-0.39, 0.29) is 18.2 Å². The van der Waals surface area contributed by atoms with Crippen molar-refractivity contribution >= 4 is 17.3 Å². The zero-order valence-electron chi connectivity index (χ0n) is 9.85. The molecule has 5 heteroatoms. The summed E-state index contributed by atoms with van der Waals surface area (Å²) in [5, 5.41) is 2.32. The van der Waals surface area contributed by atoms with Crippen molar-refractivity contribution in [3.63, 3.8) is 0 Å². The number of aromatic nitrogens is 1. The number of benzene rings is 1. The molecule has 0 aliphatic heterocycles. The molecule has 94 valence electrons. The zero-order valence-corrected chi connectivity index (χ0v) is 10.7. The van der Waals surface area contributed by atoms with Gasteiger partial charge >= 0.3 is 5.97 Å². The first-order valence-electron chi connectivity index (χ1n) is 5.55. The van der Waals surface area contributed by atoms with E-state index in [1.54, 1.807) is 30.5 Å². The highest BCUT2D eigenvalue weighted by Crippen LogP contribution is 2.26. The summed E-state index contributed by atoms with van der Waals surface area (Å²) in [4.78, 5) is 15.5. The summed E-state index contributed by atoms with van der Waals surface area (Å²) in [6.45, 7) is 2.10. The SMILES string of the molecule is CCOC(=O)Cc1csc(-c2ccccc2F)n1. The topological polar surface area (TPSA) is 39.2 Å². The number of nitrogens with zero attached hydrogens (tertiary/aromatic N) is 1. The molecule has 0 radical (unpaired) electrons. The van der Waals surface area contributed by atoms with Gasteiger partial charge in [-0.05, 0) is 19.1 Å². The average Bonchev–Trinajstić information content (AvgIpc) is 2.78. The standard InChI is InChI=1S/C13H12FNO2S/c1-2-17-12(16)7-9-8-18-13(15-9)10-5-3-4-6-11(10)14/h3-6,8H,2,7H2,1H3. The molecule has 0 bridgehead atoms. The van der Waals surface area contributed by atoms with Crippen LogP contribution in [0.2, 0.25) is 0 Å². The van der Waals surface area contributed by atoms with E-state index in [0.717, 1.165) is 0 Å². The molecule has 0 N–H and O–H groups in total. The van der Waals surface area contributed by atoms with Gasteiger partial charge in [0.05, 0.1) is 18.7 Å². The summed E-state index contributed by atoms with van der Waals surface area (Å²) in [5.41, 5.74) is 1.06. The lowest BCUT2D eigenvalue weighted by Crippen LogP contribution is -2.07. The van der Waals surface area contributed by atoms with Gasteiger partial charge in [0.15, 0.2) is 0 Å². The van der Waals surface area contributed by atoms with Crippen LogP contribution in [0.5, 0.6) is 0 Å². The third-order valence-corrected chi connectivity index (χ3v) is 3.21. The van der Waals surface area contributed by atoms with E-state index in [2.05, 4.69) is 4.98 Å². The molecular formula is C13H12FNO2S. The van der Waals surface area contributed by atoms with E-state index >= 15 is 0 Å². The quantitative estimate of drug-likeness (QED) is 0.798. The Morgan fingerprint density at radius 3 is 2.94 bits per heavy atom. The van der Waals surface area contributed by atoms with Crippen molar-refractivity contribution in [2.45, 2.75) is 13.3 Å². The first-order valence-corrected chi connectivity index (χ1v) is 6.43. The number of hydrogen-bond donors (Lipinski definition) is 0. The van der Waals surface area contributed by atoms with Gasteiger partial charge in [-0.1, -0.05) is 12.1 Å². The molecule has 1 aromatic heterocycles. The Hall–Kier alpha value is -1.75. The second kappa shape index (κ2) is 5.73. The predicted molar refractivity (Wildman–Crippen MR) is 67.8 cm³/mol. The Morgan fingerprint density at radius 2 is 2.22 bits per heavy atom. The third-order valence-electron chi connectivity index (χ3n) is 2.29. The van der Waals surface area contributed by atoms with Gasteiger partial charge in [-0.15, -0.1) is 11.3 Å². The molecule has 0 saturated carbocycles. The van der Waals surface area contributed by atoms with E-state index in [1.165, 1.54) is 17.4 Å². The first kappa shape index (κ1) is 12.7. The molecule has 0 amide bonds. The highest BCUT2D eigenvalue weighted by Gasteiger charge is 2.11. The molecule has 0 spiro atoms. The molecule has 0 fully saturated rings. The number of hydrogen-bond acceptors (Lipinski definition) is 4. The largest absolute Gasteiger partial charge is 0.466 e. The molecule has 3 nitrogen and oxygen atoms in total. The lowest BCUT2D eigenvalue weighted by molar-refractivity contribution is -0.142. The van der Waals surface area contributed by atoms with Crippen LogP contribution in [0, 0.1) is 5.82 Å². The van der Waals surface area contributed by atoms with Crippen molar-refractivity contribution in [3.8, 4) is 10.6 Å². The number of esters is 1. The minimum Gasteiger partial charge on any atom is -0.466 e. The fourth-order valence-electron chi connectivity index (χ4n) is 1.51. The van der Waals surface area contributed by atoms with Crippen LogP contribution in [-0.4, -0.2) is 17.6 Å². The molecule has 18 heavy (non-hydrogen) atoms. The maximum absolute atomic E-state index is 13.5. The van der Waals surface area contributed by atoms with Crippen LogP contribution >= 0.6 is 11.3 Å². The van der Waals surface area contributed by atoms with E-state index < -0.39 is 0 Å². The number of thiazole rings is 1. The monoisotopic (exact) mass is 265 g/mol. The van der Waals surface area contributed by atoms with E-state index in [0.29, 0.717) is 22.9 Å². The summed E-state index contributed by atoms with van der Waals surface area (Å²) in [6.07, 6.45) is 0.124. The van der Waals surface area contributed by atoms with Crippen molar-refractivity contribution in [1.82, 2.24) is 4.98 Å². The van der Waals surface area contributed by atoms with Gasteiger partial charge in [-0.3, -0.25) is 4.79 Å². The molecule has 1 heterocycles. The maximum Gasteiger partial charge on any atom is 0.311 e. The lowest BCUT2D eigenvalue weighted by atomic mass is 10.2. The Bertz CT molecular complexity index is 553. The van der Waals surface area contributed by atoms with Crippen LogP contribution in [-0.2, 0) is 16.0 Å². The fraction of sp³-hybridized carbons (Fsp3) is 0.231. The molecule has 2 aromatic rings. The van der Waals surface area contributed by atoms with Crippen LogP contribution < -0.4 is 0 Å². The zero-order chi connectivity index (χ0) is 13.0. The van der Waals surface area contributed by atoms with Gasteiger partial charge in [0.2, 0.25) is 0 Å². The Morgan fingerprint density at radius 1 is 1.44 bits per heavy atom. The molecule has 0 unspecified atom stereocenters. The average molecular weight is 265 g/mol. The number of ether oxygens (including phenoxy) is 1.